The monoisotopic (exact) mass is 606 g/mol. The first-order valence-corrected chi connectivity index (χ1v) is 22.1. The summed E-state index contributed by atoms with van der Waals surface area (Å²) < 4.78 is 12.2. The number of nitrogens with zero attached hydrogens (tertiary/aromatic N) is 1. The van der Waals surface area contributed by atoms with E-state index in [1.165, 1.54) is 3.58 Å². The fraction of sp³-hybridized carbons (Fsp3) is 0.423. The predicted molar refractivity (Wildman–Crippen MR) is 145 cm³/mol. The predicted octanol–water partition coefficient (Wildman–Crippen LogP) is 4.55. The molecular formula is C26H38N4O5Sn. The number of carbonyl (C=O) groups excluding carboxylic acids is 3. The summed E-state index contributed by atoms with van der Waals surface area (Å²) in [7, 11) is 0. The Labute approximate surface area is 217 Å². The molecule has 3 amide bonds. The van der Waals surface area contributed by atoms with Gasteiger partial charge in [-0.1, -0.05) is 25.1 Å². The Kier molecular flexibility index (Phi) is 11.5. The van der Waals surface area contributed by atoms with Crippen molar-refractivity contribution in [1.29, 1.82) is 0 Å². The molecule has 0 saturated heterocycles. The summed E-state index contributed by atoms with van der Waals surface area (Å²) >= 11 is -2.27. The minimum atomic E-state index is -2.27. The van der Waals surface area contributed by atoms with Crippen molar-refractivity contribution in [2.45, 2.75) is 54.2 Å². The fourth-order valence-corrected chi connectivity index (χ4v) is 6.74. The number of amides is 3. The minimum absolute atomic E-state index is 0.196. The van der Waals surface area contributed by atoms with Crippen LogP contribution in [0.2, 0.25) is 14.8 Å². The van der Waals surface area contributed by atoms with Gasteiger partial charge in [-0.15, -0.1) is 0 Å². The van der Waals surface area contributed by atoms with E-state index >= 15 is 0 Å². The van der Waals surface area contributed by atoms with Crippen LogP contribution < -0.4 is 19.6 Å². The van der Waals surface area contributed by atoms with Crippen LogP contribution in [0.25, 0.3) is 0 Å². The van der Waals surface area contributed by atoms with Crippen LogP contribution in [-0.4, -0.2) is 66.8 Å². The Balaban J connectivity index is 1.91. The third kappa shape index (κ3) is 10.9. The molecule has 2 rings (SSSR count). The van der Waals surface area contributed by atoms with Gasteiger partial charge >= 0.3 is 165 Å². The second-order valence-corrected chi connectivity index (χ2v) is 24.2. The zero-order chi connectivity index (χ0) is 26.7. The van der Waals surface area contributed by atoms with E-state index < -0.39 is 42.8 Å². The molecule has 0 heterocycles. The molecule has 0 aromatic heterocycles. The van der Waals surface area contributed by atoms with Crippen molar-refractivity contribution in [3.8, 4) is 0 Å². The first kappa shape index (κ1) is 29.4. The third-order valence-electron chi connectivity index (χ3n) is 5.17. The summed E-state index contributed by atoms with van der Waals surface area (Å²) in [6.45, 7) is 5.63. The molecule has 0 radical (unpaired) electrons. The number of hydrogen-bond donors (Lipinski definition) is 3. The van der Waals surface area contributed by atoms with E-state index in [0.29, 0.717) is 11.4 Å². The van der Waals surface area contributed by atoms with Gasteiger partial charge in [0.1, 0.15) is 0 Å². The van der Waals surface area contributed by atoms with Crippen molar-refractivity contribution in [2.75, 3.05) is 23.7 Å². The van der Waals surface area contributed by atoms with Crippen LogP contribution in [0.5, 0.6) is 0 Å². The number of anilines is 2. The Morgan fingerprint density at radius 3 is 1.89 bits per heavy atom. The molecule has 10 heteroatoms. The van der Waals surface area contributed by atoms with Crippen molar-refractivity contribution >= 4 is 51.4 Å². The van der Waals surface area contributed by atoms with Gasteiger partial charge in [0.25, 0.3) is 0 Å². The van der Waals surface area contributed by atoms with Gasteiger partial charge in [-0.05, 0) is 12.1 Å². The van der Waals surface area contributed by atoms with Crippen molar-refractivity contribution in [3.63, 3.8) is 0 Å². The molecule has 0 aliphatic heterocycles. The van der Waals surface area contributed by atoms with Crippen molar-refractivity contribution in [2.24, 2.45) is 0 Å². The van der Waals surface area contributed by atoms with E-state index in [1.54, 1.807) is 37.9 Å². The number of carbonyl (C=O) groups is 3. The van der Waals surface area contributed by atoms with Crippen molar-refractivity contribution < 1.29 is 23.9 Å². The number of nitrogens with one attached hydrogen (secondary N) is 3. The molecule has 0 spiro atoms. The molecule has 0 aliphatic rings. The molecule has 0 saturated carbocycles. The van der Waals surface area contributed by atoms with Gasteiger partial charge in [-0.25, -0.2) is 4.79 Å². The second kappa shape index (κ2) is 14.1. The van der Waals surface area contributed by atoms with Gasteiger partial charge < -0.3 is 0 Å². The van der Waals surface area contributed by atoms with E-state index in [1.807, 2.05) is 36.4 Å². The average Bonchev–Trinajstić information content (AvgIpc) is 2.78. The number of hydrogen-bond acceptors (Lipinski definition) is 6. The molecule has 36 heavy (non-hydrogen) atoms. The van der Waals surface area contributed by atoms with Crippen LogP contribution in [0, 0.1) is 0 Å². The number of para-hydroxylation sites is 1. The molecule has 196 valence electrons. The summed E-state index contributed by atoms with van der Waals surface area (Å²) in [6.07, 6.45) is -1.97. The number of benzene rings is 2. The topological polar surface area (TPSA) is 109 Å². The van der Waals surface area contributed by atoms with E-state index in [9.17, 15) is 14.4 Å². The first-order valence-electron chi connectivity index (χ1n) is 12.1. The summed E-state index contributed by atoms with van der Waals surface area (Å²) in [4.78, 5) is 43.6. The van der Waals surface area contributed by atoms with Crippen LogP contribution in [0.4, 0.5) is 21.0 Å². The zero-order valence-electron chi connectivity index (χ0n) is 22.0. The molecule has 2 aromatic carbocycles. The standard InChI is InChI=1S/C23H29N4O5.3CH3.Sn/c1-4-21(28)26-27(15-17(2)31-22(29)24-19-11-7-5-8-12-19)16-18(3)32-23(30)25-20-13-9-6-10-14-20;;;;/h5-9,11-14,17-18H,4,15-16H2,1-3H3,(H,24,29)(H,25,30)(H,26,28);3*1H3;. The number of hydrazine groups is 1. The van der Waals surface area contributed by atoms with E-state index in [0.717, 1.165) is 0 Å². The average molecular weight is 605 g/mol. The number of rotatable bonds is 11. The van der Waals surface area contributed by atoms with E-state index in [2.05, 4.69) is 36.9 Å². The molecular weight excluding hydrogens is 567 g/mol. The Bertz CT molecular complexity index is 1010. The summed E-state index contributed by atoms with van der Waals surface area (Å²) in [5, 5.41) is 7.05. The van der Waals surface area contributed by atoms with Gasteiger partial charge in [0.05, 0.1) is 0 Å². The van der Waals surface area contributed by atoms with Gasteiger partial charge in [0, 0.05) is 5.69 Å². The number of ether oxygens (including phenoxy) is 2. The molecule has 2 atom stereocenters. The van der Waals surface area contributed by atoms with Gasteiger partial charge in [0.15, 0.2) is 0 Å². The van der Waals surface area contributed by atoms with Crippen molar-refractivity contribution in [1.82, 2.24) is 10.4 Å². The van der Waals surface area contributed by atoms with Crippen LogP contribution in [0.1, 0.15) is 27.2 Å². The normalized spacial score (nSPS) is 12.9. The molecule has 0 bridgehead atoms. The molecule has 2 aromatic rings. The van der Waals surface area contributed by atoms with Gasteiger partial charge in [-0.2, -0.15) is 0 Å². The summed E-state index contributed by atoms with van der Waals surface area (Å²) in [6, 6.07) is 16.9. The molecule has 9 nitrogen and oxygen atoms in total. The van der Waals surface area contributed by atoms with Crippen LogP contribution in [0.3, 0.4) is 0 Å². The van der Waals surface area contributed by atoms with E-state index in [4.69, 9.17) is 9.47 Å². The van der Waals surface area contributed by atoms with Crippen molar-refractivity contribution in [3.05, 3.63) is 54.6 Å². The first-order chi connectivity index (χ1) is 17.0. The Morgan fingerprint density at radius 1 is 0.833 bits per heavy atom. The molecule has 2 unspecified atom stereocenters. The fourth-order valence-electron chi connectivity index (χ4n) is 3.36. The van der Waals surface area contributed by atoms with Crippen LogP contribution in [-0.2, 0) is 14.3 Å². The van der Waals surface area contributed by atoms with E-state index in [-0.39, 0.29) is 25.4 Å². The maximum absolute atomic E-state index is 12.5. The summed E-state index contributed by atoms with van der Waals surface area (Å²) in [5.74, 6) is -0.196. The Hall–Kier alpha value is -2.79. The third-order valence-corrected chi connectivity index (χ3v) is 11.0. The quantitative estimate of drug-likeness (QED) is 0.256. The zero-order valence-corrected chi connectivity index (χ0v) is 24.8. The van der Waals surface area contributed by atoms with Gasteiger partial charge in [0.2, 0.25) is 0 Å². The SMILES string of the molecule is CCC(=O)NN(CC(C)OC(=O)Nc1ccccc1)CC(C)OC(=O)Nc1ccc[c]([Sn]([CH3])([CH3])[CH3])c1. The second-order valence-electron chi connectivity index (χ2n) is 9.67. The Morgan fingerprint density at radius 2 is 1.36 bits per heavy atom. The molecule has 3 N–H and O–H groups in total. The maximum atomic E-state index is 12.5. The van der Waals surface area contributed by atoms with Crippen LogP contribution in [0.15, 0.2) is 54.6 Å². The van der Waals surface area contributed by atoms with Gasteiger partial charge in [-0.3, -0.25) is 5.32 Å². The summed E-state index contributed by atoms with van der Waals surface area (Å²) in [5.41, 5.74) is 4.09. The molecule has 0 aliphatic carbocycles. The molecule has 0 fully saturated rings. The van der Waals surface area contributed by atoms with Crippen LogP contribution >= 0.6 is 0 Å².